The summed E-state index contributed by atoms with van der Waals surface area (Å²) in [6.07, 6.45) is 4.26. The Morgan fingerprint density at radius 3 is 2.52 bits per heavy atom. The molecule has 2 aromatic heterocycles. The van der Waals surface area contributed by atoms with E-state index < -0.39 is 5.54 Å². The lowest BCUT2D eigenvalue weighted by atomic mass is 9.89. The molecule has 1 N–H and O–H groups in total. The predicted octanol–water partition coefficient (Wildman–Crippen LogP) is 4.98. The van der Waals surface area contributed by atoms with Crippen LogP contribution in [0.2, 0.25) is 5.02 Å². The first-order chi connectivity index (χ1) is 12.1. The SMILES string of the molecule is CC1(c2ccccn2)CC(c2ccccn2)=Nc2cc(Cl)ccc2N1. The molecule has 1 atom stereocenters. The van der Waals surface area contributed by atoms with Gasteiger partial charge >= 0.3 is 0 Å². The molecule has 4 rings (SSSR count). The molecule has 1 aliphatic rings. The second-order valence-corrected chi connectivity index (χ2v) is 6.72. The summed E-state index contributed by atoms with van der Waals surface area (Å²) in [6.45, 7) is 2.14. The molecule has 1 aromatic carbocycles. The molecule has 25 heavy (non-hydrogen) atoms. The van der Waals surface area contributed by atoms with Gasteiger partial charge in [-0.1, -0.05) is 23.7 Å². The number of rotatable bonds is 2. The summed E-state index contributed by atoms with van der Waals surface area (Å²) < 4.78 is 0. The van der Waals surface area contributed by atoms with Gasteiger partial charge in [-0.2, -0.15) is 0 Å². The number of nitrogens with one attached hydrogen (secondary N) is 1. The molecule has 0 radical (unpaired) electrons. The van der Waals surface area contributed by atoms with E-state index in [1.165, 1.54) is 0 Å². The van der Waals surface area contributed by atoms with Crippen molar-refractivity contribution in [2.45, 2.75) is 18.9 Å². The number of nitrogens with zero attached hydrogens (tertiary/aromatic N) is 3. The van der Waals surface area contributed by atoms with Gasteiger partial charge in [0.2, 0.25) is 0 Å². The average molecular weight is 349 g/mol. The van der Waals surface area contributed by atoms with Gasteiger partial charge in [0.15, 0.2) is 0 Å². The number of hydrogen-bond donors (Lipinski definition) is 1. The van der Waals surface area contributed by atoms with E-state index in [4.69, 9.17) is 16.6 Å². The highest BCUT2D eigenvalue weighted by molar-refractivity contribution is 6.31. The van der Waals surface area contributed by atoms with E-state index in [-0.39, 0.29) is 0 Å². The molecule has 124 valence electrons. The highest BCUT2D eigenvalue weighted by atomic mass is 35.5. The topological polar surface area (TPSA) is 50.2 Å². The fourth-order valence-electron chi connectivity index (χ4n) is 3.09. The minimum absolute atomic E-state index is 0.406. The van der Waals surface area contributed by atoms with Crippen LogP contribution in [-0.2, 0) is 5.54 Å². The molecule has 0 aliphatic carbocycles. The van der Waals surface area contributed by atoms with Crippen LogP contribution in [0.4, 0.5) is 11.4 Å². The monoisotopic (exact) mass is 348 g/mol. The van der Waals surface area contributed by atoms with Crippen LogP contribution in [0.1, 0.15) is 24.7 Å². The Bertz CT molecular complexity index is 925. The van der Waals surface area contributed by atoms with Gasteiger partial charge in [0.05, 0.1) is 34.0 Å². The number of halogens is 1. The first kappa shape index (κ1) is 15.8. The Hall–Kier alpha value is -2.72. The van der Waals surface area contributed by atoms with Crippen molar-refractivity contribution < 1.29 is 0 Å². The number of fused-ring (bicyclic) bond motifs is 1. The van der Waals surface area contributed by atoms with Crippen molar-refractivity contribution in [3.8, 4) is 0 Å². The molecular formula is C20H17ClN4. The lowest BCUT2D eigenvalue weighted by molar-refractivity contribution is 0.551. The number of anilines is 1. The Kier molecular flexibility index (Phi) is 3.98. The zero-order valence-corrected chi connectivity index (χ0v) is 14.5. The van der Waals surface area contributed by atoms with Gasteiger partial charge in [0, 0.05) is 23.8 Å². The van der Waals surface area contributed by atoms with Crippen molar-refractivity contribution in [1.29, 1.82) is 0 Å². The van der Waals surface area contributed by atoms with Gasteiger partial charge in [-0.15, -0.1) is 0 Å². The van der Waals surface area contributed by atoms with E-state index in [2.05, 4.69) is 22.2 Å². The van der Waals surface area contributed by atoms with Gasteiger partial charge in [0.1, 0.15) is 0 Å². The summed E-state index contributed by atoms with van der Waals surface area (Å²) in [5.74, 6) is 0. The largest absolute Gasteiger partial charge is 0.372 e. The van der Waals surface area contributed by atoms with Gasteiger partial charge < -0.3 is 5.32 Å². The van der Waals surface area contributed by atoms with Gasteiger partial charge in [-0.25, -0.2) is 4.99 Å². The van der Waals surface area contributed by atoms with Crippen LogP contribution < -0.4 is 5.32 Å². The normalized spacial score (nSPS) is 19.4. The van der Waals surface area contributed by atoms with E-state index in [1.807, 2.05) is 60.8 Å². The maximum absolute atomic E-state index is 6.19. The zero-order chi connectivity index (χ0) is 17.3. The number of pyridine rings is 2. The first-order valence-electron chi connectivity index (χ1n) is 8.12. The fraction of sp³-hybridized carbons (Fsp3) is 0.150. The second-order valence-electron chi connectivity index (χ2n) is 6.28. The van der Waals surface area contributed by atoms with Crippen LogP contribution in [0, 0.1) is 0 Å². The van der Waals surface area contributed by atoms with E-state index >= 15 is 0 Å². The Morgan fingerprint density at radius 1 is 1.00 bits per heavy atom. The summed E-state index contributed by atoms with van der Waals surface area (Å²) in [4.78, 5) is 13.9. The number of aliphatic imine (C=N–C) groups is 1. The smallest absolute Gasteiger partial charge is 0.0880 e. The van der Waals surface area contributed by atoms with Crippen LogP contribution in [0.25, 0.3) is 0 Å². The number of benzene rings is 1. The zero-order valence-electron chi connectivity index (χ0n) is 13.8. The molecule has 4 nitrogen and oxygen atoms in total. The third-order valence-electron chi connectivity index (χ3n) is 4.34. The van der Waals surface area contributed by atoms with Crippen molar-refractivity contribution >= 4 is 28.7 Å². The maximum Gasteiger partial charge on any atom is 0.0880 e. The number of hydrogen-bond acceptors (Lipinski definition) is 4. The third kappa shape index (κ3) is 3.13. The Balaban J connectivity index is 1.89. The van der Waals surface area contributed by atoms with Crippen LogP contribution in [0.3, 0.4) is 0 Å². The molecule has 3 aromatic rings. The summed E-state index contributed by atoms with van der Waals surface area (Å²) >= 11 is 6.19. The summed E-state index contributed by atoms with van der Waals surface area (Å²) in [6, 6.07) is 17.5. The molecule has 0 fully saturated rings. The van der Waals surface area contributed by atoms with Crippen molar-refractivity contribution in [2.24, 2.45) is 4.99 Å². The summed E-state index contributed by atoms with van der Waals surface area (Å²) in [5.41, 5.74) is 4.07. The maximum atomic E-state index is 6.19. The summed E-state index contributed by atoms with van der Waals surface area (Å²) in [5, 5.41) is 4.27. The van der Waals surface area contributed by atoms with Gasteiger partial charge in [0.25, 0.3) is 0 Å². The van der Waals surface area contributed by atoms with E-state index in [9.17, 15) is 0 Å². The molecular weight excluding hydrogens is 332 g/mol. The highest BCUT2D eigenvalue weighted by Crippen LogP contribution is 2.39. The minimum atomic E-state index is -0.406. The molecule has 0 spiro atoms. The lowest BCUT2D eigenvalue weighted by Gasteiger charge is -2.30. The van der Waals surface area contributed by atoms with E-state index in [0.717, 1.165) is 28.5 Å². The summed E-state index contributed by atoms with van der Waals surface area (Å²) in [7, 11) is 0. The van der Waals surface area contributed by atoms with Crippen molar-refractivity contribution in [2.75, 3.05) is 5.32 Å². The van der Waals surface area contributed by atoms with Crippen LogP contribution >= 0.6 is 11.6 Å². The van der Waals surface area contributed by atoms with Crippen LogP contribution in [-0.4, -0.2) is 15.7 Å². The lowest BCUT2D eigenvalue weighted by Crippen LogP contribution is -2.35. The predicted molar refractivity (Wildman–Crippen MR) is 102 cm³/mol. The molecule has 5 heteroatoms. The van der Waals surface area contributed by atoms with Crippen molar-refractivity contribution in [3.05, 3.63) is 83.4 Å². The van der Waals surface area contributed by atoms with Crippen molar-refractivity contribution in [1.82, 2.24) is 9.97 Å². The van der Waals surface area contributed by atoms with Crippen LogP contribution in [0.5, 0.6) is 0 Å². The quantitative estimate of drug-likeness (QED) is 0.710. The molecule has 3 heterocycles. The number of aromatic nitrogens is 2. The minimum Gasteiger partial charge on any atom is -0.372 e. The first-order valence-corrected chi connectivity index (χ1v) is 8.50. The second kappa shape index (κ2) is 6.30. The van der Waals surface area contributed by atoms with Crippen LogP contribution in [0.15, 0.2) is 72.0 Å². The Morgan fingerprint density at radius 2 is 1.80 bits per heavy atom. The fourth-order valence-corrected chi connectivity index (χ4v) is 3.26. The molecule has 0 saturated carbocycles. The third-order valence-corrected chi connectivity index (χ3v) is 4.57. The molecule has 0 amide bonds. The standard InChI is InChI=1S/C20H17ClN4/c1-20(19-7-3-5-11-23-19)13-18(15-6-2-4-10-22-15)24-17-12-14(21)8-9-16(17)25-20/h2-12,25H,13H2,1H3. The average Bonchev–Trinajstić information content (AvgIpc) is 2.80. The highest BCUT2D eigenvalue weighted by Gasteiger charge is 2.33. The van der Waals surface area contributed by atoms with Gasteiger partial charge in [-0.3, -0.25) is 9.97 Å². The van der Waals surface area contributed by atoms with E-state index in [1.54, 1.807) is 6.20 Å². The molecule has 0 bridgehead atoms. The van der Waals surface area contributed by atoms with Crippen molar-refractivity contribution in [3.63, 3.8) is 0 Å². The molecule has 1 unspecified atom stereocenters. The molecule has 1 aliphatic heterocycles. The van der Waals surface area contributed by atoms with E-state index in [0.29, 0.717) is 11.4 Å². The molecule has 0 saturated heterocycles. The Labute approximate surface area is 151 Å². The van der Waals surface area contributed by atoms with Gasteiger partial charge in [-0.05, 0) is 49.4 Å².